The first kappa shape index (κ1) is 18.8. The smallest absolute Gasteiger partial charge is 0.251 e. The SMILES string of the molecule is CCCCc1c(-c2ccc(Br)cc2)c(C(N)=O)c(C)n1CCCC. The number of nitrogens with two attached hydrogens (primary N) is 1. The zero-order valence-electron chi connectivity index (χ0n) is 14.9. The van der Waals surface area contributed by atoms with Crippen molar-refractivity contribution in [3.63, 3.8) is 0 Å². The lowest BCUT2D eigenvalue weighted by atomic mass is 9.97. The number of hydrogen-bond acceptors (Lipinski definition) is 1. The van der Waals surface area contributed by atoms with Crippen molar-refractivity contribution in [3.05, 3.63) is 45.7 Å². The zero-order chi connectivity index (χ0) is 17.7. The predicted molar refractivity (Wildman–Crippen MR) is 104 cm³/mol. The van der Waals surface area contributed by atoms with Crippen LogP contribution in [0.3, 0.4) is 0 Å². The minimum atomic E-state index is -0.335. The number of primary amides is 1. The molecule has 4 heteroatoms. The Balaban J connectivity index is 2.67. The molecular weight excluding hydrogens is 364 g/mol. The van der Waals surface area contributed by atoms with Crippen molar-refractivity contribution in [3.8, 4) is 11.1 Å². The van der Waals surface area contributed by atoms with Gasteiger partial charge in [0, 0.05) is 28.0 Å². The summed E-state index contributed by atoms with van der Waals surface area (Å²) in [4.78, 5) is 12.2. The van der Waals surface area contributed by atoms with Gasteiger partial charge in [0.15, 0.2) is 0 Å². The van der Waals surface area contributed by atoms with E-state index >= 15 is 0 Å². The summed E-state index contributed by atoms with van der Waals surface area (Å²) in [5, 5.41) is 0. The molecule has 130 valence electrons. The van der Waals surface area contributed by atoms with Crippen molar-refractivity contribution in [1.82, 2.24) is 4.57 Å². The first-order chi connectivity index (χ1) is 11.5. The van der Waals surface area contributed by atoms with E-state index in [1.807, 2.05) is 19.1 Å². The molecular formula is C20H27BrN2O. The molecule has 0 aliphatic heterocycles. The van der Waals surface area contributed by atoms with E-state index in [1.165, 1.54) is 5.69 Å². The average molecular weight is 391 g/mol. The fourth-order valence-electron chi connectivity index (χ4n) is 3.25. The fraction of sp³-hybridized carbons (Fsp3) is 0.450. The number of amides is 1. The maximum Gasteiger partial charge on any atom is 0.251 e. The molecule has 2 aromatic rings. The number of unbranched alkanes of at least 4 members (excludes halogenated alkanes) is 2. The molecule has 0 atom stereocenters. The van der Waals surface area contributed by atoms with Gasteiger partial charge in [-0.05, 0) is 43.9 Å². The van der Waals surface area contributed by atoms with Crippen molar-refractivity contribution in [2.45, 2.75) is 59.4 Å². The van der Waals surface area contributed by atoms with E-state index in [4.69, 9.17) is 5.73 Å². The summed E-state index contributed by atoms with van der Waals surface area (Å²) in [5.41, 5.74) is 10.8. The average Bonchev–Trinajstić information content (AvgIpc) is 2.83. The third kappa shape index (κ3) is 3.92. The lowest BCUT2D eigenvalue weighted by Gasteiger charge is -2.13. The Morgan fingerprint density at radius 2 is 1.75 bits per heavy atom. The van der Waals surface area contributed by atoms with Crippen molar-refractivity contribution >= 4 is 21.8 Å². The Morgan fingerprint density at radius 3 is 2.29 bits per heavy atom. The van der Waals surface area contributed by atoms with Crippen LogP contribution in [0.4, 0.5) is 0 Å². The Bertz CT molecular complexity index is 701. The quantitative estimate of drug-likeness (QED) is 0.638. The lowest BCUT2D eigenvalue weighted by molar-refractivity contribution is 0.1000. The Morgan fingerprint density at radius 1 is 1.12 bits per heavy atom. The Kier molecular flexibility index (Phi) is 6.67. The van der Waals surface area contributed by atoms with Crippen LogP contribution in [0.2, 0.25) is 0 Å². The molecule has 0 unspecified atom stereocenters. The minimum absolute atomic E-state index is 0.335. The topological polar surface area (TPSA) is 48.0 Å². The van der Waals surface area contributed by atoms with Gasteiger partial charge >= 0.3 is 0 Å². The van der Waals surface area contributed by atoms with E-state index in [-0.39, 0.29) is 5.91 Å². The van der Waals surface area contributed by atoms with Crippen LogP contribution in [-0.4, -0.2) is 10.5 Å². The van der Waals surface area contributed by atoms with E-state index in [0.717, 1.165) is 59.9 Å². The molecule has 1 heterocycles. The molecule has 24 heavy (non-hydrogen) atoms. The maximum atomic E-state index is 12.2. The standard InChI is InChI=1S/C20H27BrN2O/c1-4-6-8-17-19(15-9-11-16(21)12-10-15)18(20(22)24)14(3)23(17)13-7-5-2/h9-12H,4-8,13H2,1-3H3,(H2,22,24). The van der Waals surface area contributed by atoms with Gasteiger partial charge in [0.2, 0.25) is 0 Å². The molecule has 2 rings (SSSR count). The van der Waals surface area contributed by atoms with Gasteiger partial charge in [-0.1, -0.05) is 54.8 Å². The first-order valence-electron chi connectivity index (χ1n) is 8.78. The molecule has 0 fully saturated rings. The number of rotatable bonds is 8. The number of benzene rings is 1. The van der Waals surface area contributed by atoms with Gasteiger partial charge < -0.3 is 10.3 Å². The largest absolute Gasteiger partial charge is 0.366 e. The second kappa shape index (κ2) is 8.52. The Labute approximate surface area is 153 Å². The first-order valence-corrected chi connectivity index (χ1v) is 9.58. The van der Waals surface area contributed by atoms with E-state index < -0.39 is 0 Å². The van der Waals surface area contributed by atoms with Gasteiger partial charge in [0.1, 0.15) is 0 Å². The number of carbonyl (C=O) groups is 1. The molecule has 0 bridgehead atoms. The minimum Gasteiger partial charge on any atom is -0.366 e. The van der Waals surface area contributed by atoms with E-state index in [0.29, 0.717) is 5.56 Å². The predicted octanol–water partition coefficient (Wildman–Crippen LogP) is 5.47. The molecule has 0 aliphatic rings. The second-order valence-electron chi connectivity index (χ2n) is 6.26. The summed E-state index contributed by atoms with van der Waals surface area (Å²) in [6, 6.07) is 8.15. The van der Waals surface area contributed by atoms with Crippen molar-refractivity contribution in [2.75, 3.05) is 0 Å². The highest BCUT2D eigenvalue weighted by Crippen LogP contribution is 2.34. The summed E-state index contributed by atoms with van der Waals surface area (Å²) in [7, 11) is 0. The summed E-state index contributed by atoms with van der Waals surface area (Å²) in [6.45, 7) is 7.35. The summed E-state index contributed by atoms with van der Waals surface area (Å²) in [5.74, 6) is -0.335. The van der Waals surface area contributed by atoms with E-state index in [1.54, 1.807) is 0 Å². The summed E-state index contributed by atoms with van der Waals surface area (Å²) >= 11 is 3.48. The van der Waals surface area contributed by atoms with Gasteiger partial charge in [-0.3, -0.25) is 4.79 Å². The molecule has 1 aromatic heterocycles. The third-order valence-electron chi connectivity index (χ3n) is 4.51. The van der Waals surface area contributed by atoms with E-state index in [9.17, 15) is 4.79 Å². The van der Waals surface area contributed by atoms with Crippen LogP contribution in [0, 0.1) is 6.92 Å². The van der Waals surface area contributed by atoms with Gasteiger partial charge in [0.05, 0.1) is 5.56 Å². The van der Waals surface area contributed by atoms with Gasteiger partial charge in [-0.25, -0.2) is 0 Å². The highest BCUT2D eigenvalue weighted by Gasteiger charge is 2.24. The summed E-state index contributed by atoms with van der Waals surface area (Å²) in [6.07, 6.45) is 5.44. The van der Waals surface area contributed by atoms with Crippen molar-refractivity contribution in [2.24, 2.45) is 5.73 Å². The monoisotopic (exact) mass is 390 g/mol. The van der Waals surface area contributed by atoms with Crippen LogP contribution >= 0.6 is 15.9 Å². The van der Waals surface area contributed by atoms with Gasteiger partial charge in [-0.15, -0.1) is 0 Å². The second-order valence-corrected chi connectivity index (χ2v) is 7.18. The lowest BCUT2D eigenvalue weighted by Crippen LogP contribution is -2.13. The molecule has 0 spiro atoms. The Hall–Kier alpha value is -1.55. The molecule has 0 aliphatic carbocycles. The zero-order valence-corrected chi connectivity index (χ0v) is 16.4. The van der Waals surface area contributed by atoms with E-state index in [2.05, 4.69) is 46.5 Å². The molecule has 1 amide bonds. The highest BCUT2D eigenvalue weighted by molar-refractivity contribution is 9.10. The van der Waals surface area contributed by atoms with Gasteiger partial charge in [0.25, 0.3) is 5.91 Å². The molecule has 0 saturated carbocycles. The number of nitrogens with zero attached hydrogens (tertiary/aromatic N) is 1. The van der Waals surface area contributed by atoms with Crippen LogP contribution in [0.1, 0.15) is 61.3 Å². The van der Waals surface area contributed by atoms with Crippen LogP contribution in [-0.2, 0) is 13.0 Å². The van der Waals surface area contributed by atoms with Crippen molar-refractivity contribution < 1.29 is 4.79 Å². The normalized spacial score (nSPS) is 11.0. The molecule has 0 saturated heterocycles. The fourth-order valence-corrected chi connectivity index (χ4v) is 3.51. The summed E-state index contributed by atoms with van der Waals surface area (Å²) < 4.78 is 3.35. The number of hydrogen-bond donors (Lipinski definition) is 1. The highest BCUT2D eigenvalue weighted by atomic mass is 79.9. The number of carbonyl (C=O) groups excluding carboxylic acids is 1. The van der Waals surface area contributed by atoms with Gasteiger partial charge in [-0.2, -0.15) is 0 Å². The van der Waals surface area contributed by atoms with Crippen LogP contribution < -0.4 is 5.73 Å². The molecule has 0 radical (unpaired) electrons. The number of aromatic nitrogens is 1. The molecule has 1 aromatic carbocycles. The van der Waals surface area contributed by atoms with Crippen LogP contribution in [0.25, 0.3) is 11.1 Å². The molecule has 2 N–H and O–H groups in total. The third-order valence-corrected chi connectivity index (χ3v) is 5.04. The number of halogens is 1. The van der Waals surface area contributed by atoms with Crippen molar-refractivity contribution in [1.29, 1.82) is 0 Å². The van der Waals surface area contributed by atoms with Crippen LogP contribution in [0.15, 0.2) is 28.7 Å². The maximum absolute atomic E-state index is 12.2. The molecule has 3 nitrogen and oxygen atoms in total. The van der Waals surface area contributed by atoms with Crippen LogP contribution in [0.5, 0.6) is 0 Å².